The summed E-state index contributed by atoms with van der Waals surface area (Å²) in [7, 11) is 0. The van der Waals surface area contributed by atoms with Gasteiger partial charge in [-0.2, -0.15) is 0 Å². The van der Waals surface area contributed by atoms with Crippen molar-refractivity contribution in [2.45, 2.75) is 18.9 Å². The fraction of sp³-hybridized carbons (Fsp3) is 1.00. The summed E-state index contributed by atoms with van der Waals surface area (Å²) in [5, 5.41) is 16.0. The van der Waals surface area contributed by atoms with Crippen molar-refractivity contribution in [2.75, 3.05) is 13.1 Å². The van der Waals surface area contributed by atoms with E-state index < -0.39 is 5.60 Å². The number of aliphatic hydroxyl groups is 1. The summed E-state index contributed by atoms with van der Waals surface area (Å²) in [5.41, 5.74) is 14.8. The lowest BCUT2D eigenvalue weighted by molar-refractivity contribution is 0.0546. The van der Waals surface area contributed by atoms with Crippen LogP contribution in [0.15, 0.2) is 10.2 Å². The summed E-state index contributed by atoms with van der Waals surface area (Å²) in [6.45, 7) is 1.58. The molecular formula is C5H10N6O. The van der Waals surface area contributed by atoms with Crippen molar-refractivity contribution in [3.05, 3.63) is 20.9 Å². The van der Waals surface area contributed by atoms with Crippen molar-refractivity contribution in [1.29, 1.82) is 0 Å². The summed E-state index contributed by atoms with van der Waals surface area (Å²) in [6.07, 6.45) is 0.380. The molecule has 0 aromatic heterocycles. The maximum Gasteiger partial charge on any atom is 0.0757 e. The largest absolute Gasteiger partial charge is 0.390 e. The SMILES string of the molecule is CCC(O)(CN=[N+]=[N-])CN=[N+]=[N-]. The normalized spacial score (nSPS) is 13.8. The Hall–Kier alpha value is -1.42. The van der Waals surface area contributed by atoms with Crippen LogP contribution in [0.1, 0.15) is 13.3 Å². The van der Waals surface area contributed by atoms with Crippen LogP contribution in [0.4, 0.5) is 0 Å². The van der Waals surface area contributed by atoms with Gasteiger partial charge in [-0.25, -0.2) is 0 Å². The van der Waals surface area contributed by atoms with Gasteiger partial charge in [0, 0.05) is 9.82 Å². The van der Waals surface area contributed by atoms with E-state index in [1.165, 1.54) is 0 Å². The van der Waals surface area contributed by atoms with Crippen LogP contribution in [0.5, 0.6) is 0 Å². The zero-order valence-electron chi connectivity index (χ0n) is 6.75. The minimum absolute atomic E-state index is 0.0704. The van der Waals surface area contributed by atoms with E-state index in [0.29, 0.717) is 6.42 Å². The lowest BCUT2D eigenvalue weighted by Crippen LogP contribution is -2.34. The van der Waals surface area contributed by atoms with E-state index in [1.54, 1.807) is 6.92 Å². The van der Waals surface area contributed by atoms with Crippen LogP contribution in [0.25, 0.3) is 20.9 Å². The first kappa shape index (κ1) is 10.6. The molecule has 0 saturated carbocycles. The first-order valence-electron chi connectivity index (χ1n) is 3.42. The molecule has 0 aromatic carbocycles. The molecular weight excluding hydrogens is 160 g/mol. The third-order valence-corrected chi connectivity index (χ3v) is 1.51. The molecule has 7 nitrogen and oxygen atoms in total. The summed E-state index contributed by atoms with van der Waals surface area (Å²) >= 11 is 0. The van der Waals surface area contributed by atoms with Crippen LogP contribution >= 0.6 is 0 Å². The van der Waals surface area contributed by atoms with Gasteiger partial charge in [-0.15, -0.1) is 0 Å². The third-order valence-electron chi connectivity index (χ3n) is 1.51. The summed E-state index contributed by atoms with van der Waals surface area (Å²) in [5.74, 6) is 0. The van der Waals surface area contributed by atoms with Gasteiger partial charge in [0.1, 0.15) is 0 Å². The van der Waals surface area contributed by atoms with E-state index >= 15 is 0 Å². The minimum Gasteiger partial charge on any atom is -0.390 e. The van der Waals surface area contributed by atoms with Crippen LogP contribution in [-0.4, -0.2) is 23.8 Å². The Morgan fingerprint density at radius 3 is 1.92 bits per heavy atom. The van der Waals surface area contributed by atoms with Crippen molar-refractivity contribution in [2.24, 2.45) is 10.2 Å². The smallest absolute Gasteiger partial charge is 0.0757 e. The van der Waals surface area contributed by atoms with E-state index in [1.807, 2.05) is 0 Å². The van der Waals surface area contributed by atoms with Crippen molar-refractivity contribution < 1.29 is 5.11 Å². The quantitative estimate of drug-likeness (QED) is 0.377. The number of azide groups is 2. The van der Waals surface area contributed by atoms with Gasteiger partial charge in [0.25, 0.3) is 0 Å². The molecule has 0 aliphatic heterocycles. The highest BCUT2D eigenvalue weighted by molar-refractivity contribution is 4.82. The van der Waals surface area contributed by atoms with Gasteiger partial charge in [0.2, 0.25) is 0 Å². The molecule has 0 unspecified atom stereocenters. The fourth-order valence-electron chi connectivity index (χ4n) is 0.600. The van der Waals surface area contributed by atoms with Gasteiger partial charge in [0.15, 0.2) is 0 Å². The predicted molar refractivity (Wildman–Crippen MR) is 43.3 cm³/mol. The van der Waals surface area contributed by atoms with Gasteiger partial charge in [0.05, 0.1) is 18.7 Å². The van der Waals surface area contributed by atoms with Crippen molar-refractivity contribution >= 4 is 0 Å². The molecule has 0 spiro atoms. The lowest BCUT2D eigenvalue weighted by atomic mass is 10.0. The van der Waals surface area contributed by atoms with Crippen molar-refractivity contribution in [1.82, 2.24) is 0 Å². The second-order valence-corrected chi connectivity index (χ2v) is 2.36. The number of nitrogens with zero attached hydrogens (tertiary/aromatic N) is 6. The minimum atomic E-state index is -1.20. The molecule has 0 heterocycles. The molecule has 12 heavy (non-hydrogen) atoms. The maximum absolute atomic E-state index is 9.55. The molecule has 0 amide bonds. The van der Waals surface area contributed by atoms with Crippen LogP contribution in [0.2, 0.25) is 0 Å². The third kappa shape index (κ3) is 3.68. The molecule has 66 valence electrons. The molecule has 0 aliphatic carbocycles. The highest BCUT2D eigenvalue weighted by atomic mass is 16.3. The van der Waals surface area contributed by atoms with Gasteiger partial charge >= 0.3 is 0 Å². The molecule has 7 heteroatoms. The zero-order valence-corrected chi connectivity index (χ0v) is 6.75. The maximum atomic E-state index is 9.55. The van der Waals surface area contributed by atoms with Crippen molar-refractivity contribution in [3.63, 3.8) is 0 Å². The van der Waals surface area contributed by atoms with Gasteiger partial charge in [-0.05, 0) is 17.5 Å². The van der Waals surface area contributed by atoms with Crippen molar-refractivity contribution in [3.8, 4) is 0 Å². The van der Waals surface area contributed by atoms with Crippen LogP contribution in [0, 0.1) is 0 Å². The number of hydrogen-bond donors (Lipinski definition) is 1. The molecule has 1 N–H and O–H groups in total. The van der Waals surface area contributed by atoms with Gasteiger partial charge in [-0.1, -0.05) is 17.2 Å². The Balaban J connectivity index is 4.21. The topological polar surface area (TPSA) is 118 Å². The van der Waals surface area contributed by atoms with Crippen LogP contribution in [0.3, 0.4) is 0 Å². The van der Waals surface area contributed by atoms with E-state index in [0.717, 1.165) is 0 Å². The average molecular weight is 170 g/mol. The molecule has 0 atom stereocenters. The van der Waals surface area contributed by atoms with E-state index in [2.05, 4.69) is 20.1 Å². The highest BCUT2D eigenvalue weighted by Crippen LogP contribution is 2.11. The first-order chi connectivity index (χ1) is 5.68. The Morgan fingerprint density at radius 1 is 1.25 bits per heavy atom. The standard InChI is InChI=1S/C5H10N6O/c1-2-5(12,3-8-10-6)4-9-11-7/h12H,2-4H2,1H3. The summed E-state index contributed by atoms with van der Waals surface area (Å²) in [4.78, 5) is 5.01. The molecule has 0 bridgehead atoms. The van der Waals surface area contributed by atoms with E-state index in [4.69, 9.17) is 11.1 Å². The fourth-order valence-corrected chi connectivity index (χ4v) is 0.600. The Kier molecular flexibility index (Phi) is 4.64. The number of rotatable bonds is 5. The second-order valence-electron chi connectivity index (χ2n) is 2.36. The monoisotopic (exact) mass is 170 g/mol. The zero-order chi connectivity index (χ0) is 9.45. The predicted octanol–water partition coefficient (Wildman–Crippen LogP) is 1.75. The molecule has 0 aromatic rings. The van der Waals surface area contributed by atoms with Gasteiger partial charge < -0.3 is 5.11 Å². The average Bonchev–Trinajstić information content (AvgIpc) is 2.11. The molecule has 0 saturated heterocycles. The van der Waals surface area contributed by atoms with Gasteiger partial charge in [-0.3, -0.25) is 0 Å². The molecule has 0 aliphatic rings. The molecule has 0 fully saturated rings. The Bertz CT molecular complexity index is 206. The summed E-state index contributed by atoms with van der Waals surface area (Å²) < 4.78 is 0. The Labute approximate surface area is 69.3 Å². The lowest BCUT2D eigenvalue weighted by Gasteiger charge is -2.21. The second kappa shape index (κ2) is 5.26. The summed E-state index contributed by atoms with van der Waals surface area (Å²) in [6, 6.07) is 0. The first-order valence-corrected chi connectivity index (χ1v) is 3.42. The number of hydrogen-bond acceptors (Lipinski definition) is 3. The van der Waals surface area contributed by atoms with E-state index in [9.17, 15) is 5.11 Å². The van der Waals surface area contributed by atoms with E-state index in [-0.39, 0.29) is 13.1 Å². The Morgan fingerprint density at radius 2 is 1.67 bits per heavy atom. The van der Waals surface area contributed by atoms with Crippen LogP contribution < -0.4 is 0 Å². The molecule has 0 rings (SSSR count). The highest BCUT2D eigenvalue weighted by Gasteiger charge is 2.22. The van der Waals surface area contributed by atoms with Crippen LogP contribution in [-0.2, 0) is 0 Å². The molecule has 0 radical (unpaired) electrons.